The summed E-state index contributed by atoms with van der Waals surface area (Å²) in [5, 5.41) is 10.8. The average Bonchev–Trinajstić information content (AvgIpc) is 2.40. The maximum Gasteiger partial charge on any atom is 0.409 e. The first-order chi connectivity index (χ1) is 9.40. The smallest absolute Gasteiger partial charge is 0.409 e. The molecule has 1 amide bonds. The molecule has 6 N–H and O–H groups in total. The summed E-state index contributed by atoms with van der Waals surface area (Å²) >= 11 is 0. The van der Waals surface area contributed by atoms with Crippen molar-refractivity contribution in [1.29, 1.82) is 0 Å². The third-order valence-electron chi connectivity index (χ3n) is 2.87. The predicted octanol–water partition coefficient (Wildman–Crippen LogP) is 2.45. The van der Waals surface area contributed by atoms with E-state index >= 15 is 0 Å². The predicted molar refractivity (Wildman–Crippen MR) is 74.8 cm³/mol. The number of nitrogens with two attached hydrogens (primary N) is 2. The fourth-order valence-electron chi connectivity index (χ4n) is 1.84. The van der Waals surface area contributed by atoms with Crippen molar-refractivity contribution < 1.29 is 14.3 Å². The summed E-state index contributed by atoms with van der Waals surface area (Å²) in [5.41, 5.74) is 13.5. The van der Waals surface area contributed by atoms with Gasteiger partial charge < -0.3 is 16.6 Å². The lowest BCUT2D eigenvalue weighted by molar-refractivity contribution is 0.210. The molecule has 0 radical (unpaired) electrons. The van der Waals surface area contributed by atoms with E-state index in [0.717, 1.165) is 0 Å². The fraction of sp³-hybridized carbons (Fsp3) is 0.0769. The summed E-state index contributed by atoms with van der Waals surface area (Å²) < 4.78 is 12.9. The molecule has 0 aliphatic carbocycles. The number of anilines is 3. The number of hydrogen-bond acceptors (Lipinski definition) is 4. The molecule has 2 rings (SSSR count). The van der Waals surface area contributed by atoms with Crippen LogP contribution in [0.15, 0.2) is 24.3 Å². The number of carbonyl (C=O) groups is 1. The summed E-state index contributed by atoms with van der Waals surface area (Å²) in [6, 6.07) is 5.69. The zero-order valence-corrected chi connectivity index (χ0v) is 10.6. The van der Waals surface area contributed by atoms with E-state index in [0.29, 0.717) is 16.8 Å². The molecule has 1 heterocycles. The van der Waals surface area contributed by atoms with Crippen LogP contribution in [-0.2, 0) is 0 Å². The van der Waals surface area contributed by atoms with E-state index in [1.165, 1.54) is 12.1 Å². The number of nitrogens with one attached hydrogen (secondary N) is 1. The summed E-state index contributed by atoms with van der Waals surface area (Å²) in [7, 11) is 0. The van der Waals surface area contributed by atoms with Crippen LogP contribution in [0.4, 0.5) is 26.4 Å². The van der Waals surface area contributed by atoms with Gasteiger partial charge in [-0.25, -0.2) is 14.2 Å². The molecule has 1 aromatic heterocycles. The van der Waals surface area contributed by atoms with Crippen molar-refractivity contribution in [1.82, 2.24) is 4.98 Å². The Balaban J connectivity index is 2.57. The number of aromatic nitrogens is 1. The van der Waals surface area contributed by atoms with Crippen LogP contribution in [-0.4, -0.2) is 16.2 Å². The van der Waals surface area contributed by atoms with Gasteiger partial charge in [0.2, 0.25) is 0 Å². The number of rotatable bonds is 2. The van der Waals surface area contributed by atoms with E-state index in [4.69, 9.17) is 16.6 Å². The molecule has 0 spiro atoms. The molecule has 104 valence electrons. The Bertz CT molecular complexity index is 671. The Morgan fingerprint density at radius 1 is 1.30 bits per heavy atom. The molecular formula is C13H13FN4O2. The molecule has 20 heavy (non-hydrogen) atoms. The lowest BCUT2D eigenvalue weighted by Crippen LogP contribution is -2.14. The lowest BCUT2D eigenvalue weighted by Gasteiger charge is -2.14. The van der Waals surface area contributed by atoms with Crippen molar-refractivity contribution in [2.75, 3.05) is 16.8 Å². The third kappa shape index (κ3) is 2.46. The van der Waals surface area contributed by atoms with Gasteiger partial charge >= 0.3 is 6.09 Å². The second-order valence-corrected chi connectivity index (χ2v) is 4.20. The van der Waals surface area contributed by atoms with E-state index in [9.17, 15) is 9.18 Å². The van der Waals surface area contributed by atoms with Gasteiger partial charge in [-0.2, -0.15) is 0 Å². The molecular weight excluding hydrogens is 263 g/mol. The van der Waals surface area contributed by atoms with E-state index in [-0.39, 0.29) is 23.0 Å². The number of carboxylic acid groups (broad SMARTS) is 1. The van der Waals surface area contributed by atoms with E-state index in [1.807, 2.05) is 0 Å². The molecule has 7 heteroatoms. The highest BCUT2D eigenvalue weighted by atomic mass is 19.1. The highest BCUT2D eigenvalue weighted by Crippen LogP contribution is 2.34. The minimum absolute atomic E-state index is 0.0326. The van der Waals surface area contributed by atoms with Gasteiger partial charge in [0.05, 0.1) is 11.4 Å². The molecule has 0 fully saturated rings. The van der Waals surface area contributed by atoms with E-state index in [2.05, 4.69) is 10.3 Å². The van der Waals surface area contributed by atoms with Crippen LogP contribution >= 0.6 is 0 Å². The normalized spacial score (nSPS) is 10.3. The number of nitrogen functional groups attached to an aromatic ring is 2. The largest absolute Gasteiger partial charge is 0.465 e. The van der Waals surface area contributed by atoms with Crippen molar-refractivity contribution in [3.8, 4) is 11.3 Å². The molecule has 6 nitrogen and oxygen atoms in total. The van der Waals surface area contributed by atoms with Crippen LogP contribution < -0.4 is 16.8 Å². The summed E-state index contributed by atoms with van der Waals surface area (Å²) in [4.78, 5) is 14.8. The van der Waals surface area contributed by atoms with Crippen LogP contribution in [0.3, 0.4) is 0 Å². The maximum atomic E-state index is 12.9. The maximum absolute atomic E-state index is 12.9. The van der Waals surface area contributed by atoms with Gasteiger partial charge in [0, 0.05) is 11.1 Å². The van der Waals surface area contributed by atoms with E-state index in [1.54, 1.807) is 19.1 Å². The molecule has 2 aromatic rings. The first kappa shape index (κ1) is 13.6. The minimum Gasteiger partial charge on any atom is -0.465 e. The topological polar surface area (TPSA) is 114 Å². The van der Waals surface area contributed by atoms with Crippen LogP contribution in [0.25, 0.3) is 11.3 Å². The van der Waals surface area contributed by atoms with Crippen molar-refractivity contribution in [2.45, 2.75) is 6.92 Å². The molecule has 0 atom stereocenters. The van der Waals surface area contributed by atoms with E-state index < -0.39 is 6.09 Å². The molecule has 0 unspecified atom stereocenters. The number of hydrogen-bond donors (Lipinski definition) is 4. The number of halogens is 1. The van der Waals surface area contributed by atoms with Crippen LogP contribution in [0.2, 0.25) is 0 Å². The van der Waals surface area contributed by atoms with Gasteiger partial charge in [-0.05, 0) is 31.2 Å². The summed E-state index contributed by atoms with van der Waals surface area (Å²) in [6.45, 7) is 1.69. The van der Waals surface area contributed by atoms with Gasteiger partial charge in [0.25, 0.3) is 0 Å². The van der Waals surface area contributed by atoms with Crippen molar-refractivity contribution >= 4 is 23.3 Å². The summed E-state index contributed by atoms with van der Waals surface area (Å²) in [6.07, 6.45) is -1.28. The van der Waals surface area contributed by atoms with Crippen LogP contribution in [0, 0.1) is 12.7 Å². The number of amides is 1. The van der Waals surface area contributed by atoms with Crippen molar-refractivity contribution in [2.24, 2.45) is 0 Å². The SMILES string of the molecule is Cc1c(-c2ccc(F)cc2)nc(N)c(NC(=O)O)c1N. The Labute approximate surface area is 114 Å². The molecule has 0 aliphatic heterocycles. The lowest BCUT2D eigenvalue weighted by atomic mass is 10.0. The van der Waals surface area contributed by atoms with Crippen molar-refractivity contribution in [3.63, 3.8) is 0 Å². The third-order valence-corrected chi connectivity index (χ3v) is 2.87. The van der Waals surface area contributed by atoms with Crippen molar-refractivity contribution in [3.05, 3.63) is 35.6 Å². The molecule has 0 bridgehead atoms. The second-order valence-electron chi connectivity index (χ2n) is 4.20. The average molecular weight is 276 g/mol. The van der Waals surface area contributed by atoms with Gasteiger partial charge in [-0.1, -0.05) is 0 Å². The summed E-state index contributed by atoms with van der Waals surface area (Å²) in [5.74, 6) is -0.397. The Kier molecular flexibility index (Phi) is 3.43. The highest BCUT2D eigenvalue weighted by molar-refractivity contribution is 5.95. The zero-order valence-electron chi connectivity index (χ0n) is 10.6. The van der Waals surface area contributed by atoms with Gasteiger partial charge in [0.15, 0.2) is 0 Å². The highest BCUT2D eigenvalue weighted by Gasteiger charge is 2.16. The molecule has 0 aliphatic rings. The molecule has 0 saturated heterocycles. The quantitative estimate of drug-likeness (QED) is 0.672. The first-order valence-electron chi connectivity index (χ1n) is 5.71. The second kappa shape index (κ2) is 5.04. The number of pyridine rings is 1. The number of benzene rings is 1. The Morgan fingerprint density at radius 2 is 1.90 bits per heavy atom. The molecule has 1 aromatic carbocycles. The van der Waals surface area contributed by atoms with Gasteiger partial charge in [0.1, 0.15) is 17.3 Å². The van der Waals surface area contributed by atoms with Crippen LogP contribution in [0.5, 0.6) is 0 Å². The Morgan fingerprint density at radius 3 is 2.45 bits per heavy atom. The number of nitrogens with zero attached hydrogens (tertiary/aromatic N) is 1. The van der Waals surface area contributed by atoms with Gasteiger partial charge in [-0.15, -0.1) is 0 Å². The zero-order chi connectivity index (χ0) is 14.9. The minimum atomic E-state index is -1.28. The molecule has 0 saturated carbocycles. The monoisotopic (exact) mass is 276 g/mol. The van der Waals surface area contributed by atoms with Gasteiger partial charge in [-0.3, -0.25) is 5.32 Å². The fourth-order valence-corrected chi connectivity index (χ4v) is 1.84. The standard InChI is InChI=1S/C13H13FN4O2/c1-6-9(15)11(18-13(19)20)12(16)17-10(6)7-2-4-8(14)5-3-7/h2-5,18H,1H3,(H,19,20)(H4,15,16,17). The van der Waals surface area contributed by atoms with Crippen LogP contribution in [0.1, 0.15) is 5.56 Å². The Hall–Kier alpha value is -2.83. The first-order valence-corrected chi connectivity index (χ1v) is 5.71.